The van der Waals surface area contributed by atoms with Crippen molar-refractivity contribution in [2.75, 3.05) is 32.5 Å². The molecule has 2 N–H and O–H groups in total. The zero-order chi connectivity index (χ0) is 27.1. The van der Waals surface area contributed by atoms with Crippen molar-refractivity contribution in [1.29, 1.82) is 0 Å². The van der Waals surface area contributed by atoms with Crippen molar-refractivity contribution in [3.63, 3.8) is 0 Å². The van der Waals surface area contributed by atoms with E-state index in [-0.39, 0.29) is 12.3 Å². The number of carbonyl (C=O) groups excluding carboxylic acids is 3. The van der Waals surface area contributed by atoms with Gasteiger partial charge in [-0.25, -0.2) is 9.97 Å². The number of piperidine rings is 1. The number of nitrogens with one attached hydrogen (secondary N) is 2. The van der Waals surface area contributed by atoms with Crippen molar-refractivity contribution in [3.8, 4) is 5.69 Å². The Morgan fingerprint density at radius 2 is 1.76 bits per heavy atom. The number of anilines is 1. The molecule has 0 radical (unpaired) electrons. The maximum atomic E-state index is 13.3. The summed E-state index contributed by atoms with van der Waals surface area (Å²) >= 11 is 3.31. The summed E-state index contributed by atoms with van der Waals surface area (Å²) in [6, 6.07) is 9.52. The van der Waals surface area contributed by atoms with Gasteiger partial charge in [-0.1, -0.05) is 0 Å². The standard InChI is InChI=1S/C27H32BrN7O3/c1-33(2)18-24-29-12-15-35(24)21-9-6-19(7-10-21)26(37)31-22(27(38)34-13-4-3-5-14-34)16-25(36)32-23-11-8-20(28)17-30-23/h6-12,15,17,22H,3-5,13-14,16,18H2,1-2H3,(H,31,37)(H,30,32,36)/t22-/m1/s1. The molecule has 38 heavy (non-hydrogen) atoms. The number of hydrogen-bond donors (Lipinski definition) is 2. The minimum Gasteiger partial charge on any atom is -0.341 e. The fraction of sp³-hybridized carbons (Fsp3) is 0.370. The fourth-order valence-electron chi connectivity index (χ4n) is 4.35. The highest BCUT2D eigenvalue weighted by Gasteiger charge is 2.29. The Balaban J connectivity index is 1.47. The van der Waals surface area contributed by atoms with Gasteiger partial charge >= 0.3 is 0 Å². The topological polar surface area (TPSA) is 112 Å². The molecule has 0 spiro atoms. The van der Waals surface area contributed by atoms with Crippen LogP contribution in [0.15, 0.2) is 59.5 Å². The van der Waals surface area contributed by atoms with E-state index < -0.39 is 17.9 Å². The number of likely N-dealkylation sites (tertiary alicyclic amines) is 1. The highest BCUT2D eigenvalue weighted by molar-refractivity contribution is 9.10. The Morgan fingerprint density at radius 1 is 1.03 bits per heavy atom. The maximum absolute atomic E-state index is 13.3. The summed E-state index contributed by atoms with van der Waals surface area (Å²) in [5, 5.41) is 5.51. The number of imidazole rings is 1. The molecule has 3 amide bonds. The van der Waals surface area contributed by atoms with Crippen molar-refractivity contribution >= 4 is 39.5 Å². The minimum absolute atomic E-state index is 0.195. The summed E-state index contributed by atoms with van der Waals surface area (Å²) in [5.74, 6) is 0.184. The summed E-state index contributed by atoms with van der Waals surface area (Å²) in [6.45, 7) is 1.92. The summed E-state index contributed by atoms with van der Waals surface area (Å²) < 4.78 is 2.75. The lowest BCUT2D eigenvalue weighted by Crippen LogP contribution is -2.51. The number of benzene rings is 1. The molecule has 200 valence electrons. The van der Waals surface area contributed by atoms with E-state index >= 15 is 0 Å². The lowest BCUT2D eigenvalue weighted by atomic mass is 10.1. The molecule has 0 bridgehead atoms. The molecule has 4 rings (SSSR count). The Morgan fingerprint density at radius 3 is 2.42 bits per heavy atom. The molecule has 1 aliphatic rings. The Bertz CT molecular complexity index is 1250. The van der Waals surface area contributed by atoms with Gasteiger partial charge in [0.2, 0.25) is 11.8 Å². The SMILES string of the molecule is CN(C)Cc1nccn1-c1ccc(C(=O)N[C@H](CC(=O)Nc2ccc(Br)cn2)C(=O)N2CCCCC2)cc1. The number of rotatable bonds is 9. The van der Waals surface area contributed by atoms with Crippen molar-refractivity contribution in [3.05, 3.63) is 70.8 Å². The molecular weight excluding hydrogens is 550 g/mol. The lowest BCUT2D eigenvalue weighted by Gasteiger charge is -2.30. The number of nitrogens with zero attached hydrogens (tertiary/aromatic N) is 5. The molecule has 3 aromatic rings. The molecule has 11 heteroatoms. The Labute approximate surface area is 230 Å². The van der Waals surface area contributed by atoms with Crippen LogP contribution < -0.4 is 10.6 Å². The third-order valence-corrected chi connectivity index (χ3v) is 6.71. The van der Waals surface area contributed by atoms with Crippen LogP contribution in [-0.4, -0.2) is 75.3 Å². The summed E-state index contributed by atoms with van der Waals surface area (Å²) in [4.78, 5) is 51.6. The zero-order valence-electron chi connectivity index (χ0n) is 21.6. The molecule has 1 aliphatic heterocycles. The predicted molar refractivity (Wildman–Crippen MR) is 148 cm³/mol. The zero-order valence-corrected chi connectivity index (χ0v) is 23.1. The normalized spacial score (nSPS) is 14.3. The molecule has 0 unspecified atom stereocenters. The molecule has 2 aromatic heterocycles. The molecule has 1 fully saturated rings. The maximum Gasteiger partial charge on any atom is 0.251 e. The van der Waals surface area contributed by atoms with E-state index in [1.807, 2.05) is 41.9 Å². The fourth-order valence-corrected chi connectivity index (χ4v) is 4.58. The van der Waals surface area contributed by atoms with Gasteiger partial charge in [-0.05, 0) is 85.7 Å². The van der Waals surface area contributed by atoms with Gasteiger partial charge in [0.25, 0.3) is 5.91 Å². The van der Waals surface area contributed by atoms with Crippen LogP contribution in [0.1, 0.15) is 41.9 Å². The van der Waals surface area contributed by atoms with Crippen molar-refractivity contribution in [2.45, 2.75) is 38.3 Å². The Kier molecular flexibility index (Phi) is 9.24. The van der Waals surface area contributed by atoms with E-state index in [1.54, 1.807) is 41.6 Å². The molecule has 0 saturated carbocycles. The second-order valence-corrected chi connectivity index (χ2v) is 10.4. The number of pyridine rings is 1. The number of carbonyl (C=O) groups is 3. The third kappa shape index (κ3) is 7.26. The van der Waals surface area contributed by atoms with Gasteiger partial charge < -0.3 is 25.0 Å². The summed E-state index contributed by atoms with van der Waals surface area (Å²) in [5.41, 5.74) is 1.27. The first-order valence-electron chi connectivity index (χ1n) is 12.6. The monoisotopic (exact) mass is 581 g/mol. The first-order valence-corrected chi connectivity index (χ1v) is 13.4. The van der Waals surface area contributed by atoms with Crippen molar-refractivity contribution < 1.29 is 14.4 Å². The molecule has 1 aromatic carbocycles. The van der Waals surface area contributed by atoms with Gasteiger partial charge in [0.1, 0.15) is 17.7 Å². The average Bonchev–Trinajstić information content (AvgIpc) is 3.37. The van der Waals surface area contributed by atoms with Crippen LogP contribution in [0.4, 0.5) is 5.82 Å². The van der Waals surface area contributed by atoms with Crippen molar-refractivity contribution in [2.24, 2.45) is 0 Å². The number of halogens is 1. The van der Waals surface area contributed by atoms with Gasteiger partial charge in [-0.3, -0.25) is 14.4 Å². The van der Waals surface area contributed by atoms with Crippen LogP contribution in [0.2, 0.25) is 0 Å². The molecule has 10 nitrogen and oxygen atoms in total. The quantitative estimate of drug-likeness (QED) is 0.401. The molecular formula is C27H32BrN7O3. The number of amides is 3. The van der Waals surface area contributed by atoms with Gasteiger partial charge in [-0.15, -0.1) is 0 Å². The van der Waals surface area contributed by atoms with Gasteiger partial charge in [-0.2, -0.15) is 0 Å². The highest BCUT2D eigenvalue weighted by Crippen LogP contribution is 2.16. The van der Waals surface area contributed by atoms with Crippen LogP contribution in [0.3, 0.4) is 0 Å². The second kappa shape index (κ2) is 12.8. The first kappa shape index (κ1) is 27.5. The molecule has 1 saturated heterocycles. The largest absolute Gasteiger partial charge is 0.341 e. The van der Waals surface area contributed by atoms with E-state index in [9.17, 15) is 14.4 Å². The van der Waals surface area contributed by atoms with Crippen LogP contribution in [0.5, 0.6) is 0 Å². The Hall–Kier alpha value is -3.57. The predicted octanol–water partition coefficient (Wildman–Crippen LogP) is 3.23. The number of hydrogen-bond acceptors (Lipinski definition) is 6. The van der Waals surface area contributed by atoms with E-state index in [1.165, 1.54) is 0 Å². The molecule has 3 heterocycles. The van der Waals surface area contributed by atoms with E-state index in [0.717, 1.165) is 35.2 Å². The van der Waals surface area contributed by atoms with Crippen LogP contribution in [-0.2, 0) is 16.1 Å². The average molecular weight is 583 g/mol. The molecule has 0 aliphatic carbocycles. The highest BCUT2D eigenvalue weighted by atomic mass is 79.9. The van der Waals surface area contributed by atoms with Gasteiger partial charge in [0, 0.05) is 47.4 Å². The minimum atomic E-state index is -0.990. The van der Waals surface area contributed by atoms with E-state index in [2.05, 4.69) is 36.5 Å². The smallest absolute Gasteiger partial charge is 0.251 e. The third-order valence-electron chi connectivity index (χ3n) is 6.24. The van der Waals surface area contributed by atoms with Gasteiger partial charge in [0.05, 0.1) is 13.0 Å². The van der Waals surface area contributed by atoms with Crippen LogP contribution in [0, 0.1) is 0 Å². The number of aromatic nitrogens is 3. The van der Waals surface area contributed by atoms with E-state index in [4.69, 9.17) is 0 Å². The van der Waals surface area contributed by atoms with E-state index in [0.29, 0.717) is 31.0 Å². The second-order valence-electron chi connectivity index (χ2n) is 9.52. The van der Waals surface area contributed by atoms with Crippen molar-refractivity contribution in [1.82, 2.24) is 29.7 Å². The van der Waals surface area contributed by atoms with Gasteiger partial charge in [0.15, 0.2) is 0 Å². The van der Waals surface area contributed by atoms with Crippen LogP contribution >= 0.6 is 15.9 Å². The summed E-state index contributed by atoms with van der Waals surface area (Å²) in [6.07, 6.45) is 7.88. The molecule has 1 atom stereocenters. The van der Waals surface area contributed by atoms with Crippen LogP contribution in [0.25, 0.3) is 5.69 Å². The summed E-state index contributed by atoms with van der Waals surface area (Å²) in [7, 11) is 3.95. The first-order chi connectivity index (χ1) is 18.3. The lowest BCUT2D eigenvalue weighted by molar-refractivity contribution is -0.135.